The fourth-order valence-electron chi connectivity index (χ4n) is 3.21. The van der Waals surface area contributed by atoms with Gasteiger partial charge in [-0.1, -0.05) is 48.2 Å². The van der Waals surface area contributed by atoms with Crippen LogP contribution in [0.5, 0.6) is 0 Å². The number of hydrogen-bond acceptors (Lipinski definition) is 8. The predicted molar refractivity (Wildman–Crippen MR) is 119 cm³/mol. The van der Waals surface area contributed by atoms with Crippen molar-refractivity contribution in [3.05, 3.63) is 46.3 Å². The summed E-state index contributed by atoms with van der Waals surface area (Å²) in [7, 11) is 0. The van der Waals surface area contributed by atoms with Gasteiger partial charge in [0.15, 0.2) is 4.34 Å². The van der Waals surface area contributed by atoms with E-state index in [1.165, 1.54) is 28.0 Å². The standard InChI is InChI=1S/C20H19N5OS3/c1-12-7-8-14-15(10-21)18(28-16(14)9-12)23-17(26)11-27-20-25-24-19(29-20)22-13-5-3-2-4-6-13/h2-6,12H,7-9,11H2,1H3,(H,22,24)(H,23,26). The first-order valence-corrected chi connectivity index (χ1v) is 11.9. The Morgan fingerprint density at radius 2 is 2.14 bits per heavy atom. The third kappa shape index (κ3) is 4.78. The van der Waals surface area contributed by atoms with E-state index in [0.29, 0.717) is 21.6 Å². The molecule has 148 valence electrons. The number of nitrogens with one attached hydrogen (secondary N) is 2. The van der Waals surface area contributed by atoms with Gasteiger partial charge < -0.3 is 10.6 Å². The van der Waals surface area contributed by atoms with Crippen LogP contribution in [0.15, 0.2) is 34.7 Å². The lowest BCUT2D eigenvalue weighted by Crippen LogP contribution is -2.14. The summed E-state index contributed by atoms with van der Waals surface area (Å²) in [5.41, 5.74) is 2.71. The number of fused-ring (bicyclic) bond motifs is 1. The molecule has 0 spiro atoms. The Labute approximate surface area is 181 Å². The fourth-order valence-corrected chi connectivity index (χ4v) is 6.16. The van der Waals surface area contributed by atoms with E-state index in [9.17, 15) is 10.1 Å². The van der Waals surface area contributed by atoms with E-state index in [4.69, 9.17) is 0 Å². The van der Waals surface area contributed by atoms with Gasteiger partial charge in [0.2, 0.25) is 11.0 Å². The summed E-state index contributed by atoms with van der Waals surface area (Å²) in [5.74, 6) is 0.720. The minimum absolute atomic E-state index is 0.133. The van der Waals surface area contributed by atoms with E-state index >= 15 is 0 Å². The second kappa shape index (κ2) is 8.95. The number of para-hydroxylation sites is 1. The molecule has 1 aromatic carbocycles. The molecule has 29 heavy (non-hydrogen) atoms. The number of thioether (sulfide) groups is 1. The predicted octanol–water partition coefficient (Wildman–Crippen LogP) is 5.07. The average molecular weight is 442 g/mol. The van der Waals surface area contributed by atoms with Gasteiger partial charge in [-0.2, -0.15) is 5.26 Å². The maximum Gasteiger partial charge on any atom is 0.235 e. The molecule has 0 fully saturated rings. The topological polar surface area (TPSA) is 90.7 Å². The molecule has 0 radical (unpaired) electrons. The lowest BCUT2D eigenvalue weighted by atomic mass is 9.89. The number of rotatable bonds is 6. The van der Waals surface area contributed by atoms with Crippen molar-refractivity contribution < 1.29 is 4.79 Å². The molecule has 4 rings (SSSR count). The van der Waals surface area contributed by atoms with E-state index in [0.717, 1.165) is 34.9 Å². The Kier molecular flexibility index (Phi) is 6.13. The summed E-state index contributed by atoms with van der Waals surface area (Å²) < 4.78 is 0.721. The molecule has 2 heterocycles. The van der Waals surface area contributed by atoms with Crippen LogP contribution >= 0.6 is 34.4 Å². The zero-order valence-corrected chi connectivity index (χ0v) is 18.2. The molecule has 6 nitrogen and oxygen atoms in total. The highest BCUT2D eigenvalue weighted by Gasteiger charge is 2.24. The van der Waals surface area contributed by atoms with Crippen LogP contribution in [-0.4, -0.2) is 21.9 Å². The summed E-state index contributed by atoms with van der Waals surface area (Å²) in [5, 5.41) is 25.3. The van der Waals surface area contributed by atoms with E-state index in [1.807, 2.05) is 30.3 Å². The Morgan fingerprint density at radius 3 is 2.93 bits per heavy atom. The molecule has 9 heteroatoms. The lowest BCUT2D eigenvalue weighted by Gasteiger charge is -2.17. The quantitative estimate of drug-likeness (QED) is 0.519. The molecule has 0 bridgehead atoms. The van der Waals surface area contributed by atoms with Gasteiger partial charge >= 0.3 is 0 Å². The lowest BCUT2D eigenvalue weighted by molar-refractivity contribution is -0.113. The molecule has 1 aliphatic rings. The molecule has 2 N–H and O–H groups in total. The van der Waals surface area contributed by atoms with Gasteiger partial charge in [-0.15, -0.1) is 21.5 Å². The maximum atomic E-state index is 12.4. The van der Waals surface area contributed by atoms with Gasteiger partial charge in [0.05, 0.1) is 11.3 Å². The van der Waals surface area contributed by atoms with Crippen molar-refractivity contribution in [2.75, 3.05) is 16.4 Å². The summed E-state index contributed by atoms with van der Waals surface area (Å²) in [6, 6.07) is 12.0. The number of nitrogens with zero attached hydrogens (tertiary/aromatic N) is 3. The molecule has 0 saturated carbocycles. The van der Waals surface area contributed by atoms with Crippen LogP contribution in [0.2, 0.25) is 0 Å². The summed E-state index contributed by atoms with van der Waals surface area (Å²) in [6.45, 7) is 2.23. The number of benzene rings is 1. The zero-order valence-electron chi connectivity index (χ0n) is 15.8. The Morgan fingerprint density at radius 1 is 1.31 bits per heavy atom. The van der Waals surface area contributed by atoms with Crippen LogP contribution in [0.4, 0.5) is 15.8 Å². The smallest absolute Gasteiger partial charge is 0.235 e. The largest absolute Gasteiger partial charge is 0.330 e. The fraction of sp³-hybridized carbons (Fsp3) is 0.300. The van der Waals surface area contributed by atoms with Crippen molar-refractivity contribution in [1.29, 1.82) is 5.26 Å². The number of nitriles is 1. The summed E-state index contributed by atoms with van der Waals surface area (Å²) in [6.07, 6.45) is 3.00. The van der Waals surface area contributed by atoms with Crippen LogP contribution in [0.25, 0.3) is 0 Å². The molecule has 1 amide bonds. The number of carbonyl (C=O) groups excluding carboxylic acids is 1. The molecule has 1 unspecified atom stereocenters. The molecule has 1 aliphatic carbocycles. The normalized spacial score (nSPS) is 15.4. The van der Waals surface area contributed by atoms with Gasteiger partial charge in [0.1, 0.15) is 11.1 Å². The van der Waals surface area contributed by atoms with Crippen LogP contribution in [0, 0.1) is 17.2 Å². The highest BCUT2D eigenvalue weighted by Crippen LogP contribution is 2.39. The van der Waals surface area contributed by atoms with Gasteiger partial charge in [0.25, 0.3) is 0 Å². The highest BCUT2D eigenvalue weighted by atomic mass is 32.2. The van der Waals surface area contributed by atoms with E-state index in [2.05, 4.69) is 33.8 Å². The first-order valence-electron chi connectivity index (χ1n) is 9.25. The van der Waals surface area contributed by atoms with E-state index in [-0.39, 0.29) is 11.7 Å². The molecule has 0 aliphatic heterocycles. The number of amides is 1. The van der Waals surface area contributed by atoms with Gasteiger partial charge in [0, 0.05) is 10.6 Å². The minimum Gasteiger partial charge on any atom is -0.330 e. The third-order valence-electron chi connectivity index (χ3n) is 4.63. The molecule has 1 atom stereocenters. The minimum atomic E-state index is -0.133. The van der Waals surface area contributed by atoms with Gasteiger partial charge in [-0.05, 0) is 42.9 Å². The monoisotopic (exact) mass is 441 g/mol. The van der Waals surface area contributed by atoms with Crippen molar-refractivity contribution in [3.8, 4) is 6.07 Å². The van der Waals surface area contributed by atoms with Crippen molar-refractivity contribution in [1.82, 2.24) is 10.2 Å². The molecule has 2 aromatic heterocycles. The summed E-state index contributed by atoms with van der Waals surface area (Å²) in [4.78, 5) is 13.7. The molecule has 3 aromatic rings. The van der Waals surface area contributed by atoms with Gasteiger partial charge in [-0.3, -0.25) is 4.79 Å². The zero-order chi connectivity index (χ0) is 20.2. The molecule has 0 saturated heterocycles. The van der Waals surface area contributed by atoms with Crippen LogP contribution in [-0.2, 0) is 17.6 Å². The summed E-state index contributed by atoms with van der Waals surface area (Å²) >= 11 is 4.29. The Hall–Kier alpha value is -2.41. The van der Waals surface area contributed by atoms with Crippen molar-refractivity contribution in [3.63, 3.8) is 0 Å². The van der Waals surface area contributed by atoms with Crippen LogP contribution in [0.1, 0.15) is 29.3 Å². The second-order valence-electron chi connectivity index (χ2n) is 6.87. The van der Waals surface area contributed by atoms with E-state index in [1.54, 1.807) is 11.3 Å². The molecular weight excluding hydrogens is 422 g/mol. The third-order valence-corrected chi connectivity index (χ3v) is 7.78. The second-order valence-corrected chi connectivity index (χ2v) is 10.2. The number of thiophene rings is 1. The Balaban J connectivity index is 1.35. The SMILES string of the molecule is CC1CCc2c(sc(NC(=O)CSc3nnc(Nc4ccccc4)s3)c2C#N)C1. The maximum absolute atomic E-state index is 12.4. The van der Waals surface area contributed by atoms with Crippen LogP contribution in [0.3, 0.4) is 0 Å². The first-order chi connectivity index (χ1) is 14.1. The number of carbonyl (C=O) groups is 1. The number of aromatic nitrogens is 2. The molecular formula is C20H19N5OS3. The van der Waals surface area contributed by atoms with Crippen molar-refractivity contribution >= 4 is 56.2 Å². The van der Waals surface area contributed by atoms with Gasteiger partial charge in [-0.25, -0.2) is 0 Å². The Bertz CT molecular complexity index is 1050. The van der Waals surface area contributed by atoms with Crippen LogP contribution < -0.4 is 10.6 Å². The van der Waals surface area contributed by atoms with E-state index < -0.39 is 0 Å². The van der Waals surface area contributed by atoms with Crippen molar-refractivity contribution in [2.45, 2.75) is 30.5 Å². The first kappa shape index (κ1) is 19.9. The van der Waals surface area contributed by atoms with Crippen molar-refractivity contribution in [2.24, 2.45) is 5.92 Å². The number of hydrogen-bond donors (Lipinski definition) is 2. The number of anilines is 3. The average Bonchev–Trinajstić information content (AvgIpc) is 3.30. The highest BCUT2D eigenvalue weighted by molar-refractivity contribution is 8.01.